The summed E-state index contributed by atoms with van der Waals surface area (Å²) in [6.45, 7) is 15.1. The highest BCUT2D eigenvalue weighted by molar-refractivity contribution is 5.30. The Morgan fingerprint density at radius 1 is 0.551 bits per heavy atom. The van der Waals surface area contributed by atoms with Crippen LogP contribution in [0, 0.1) is 0 Å². The number of nitrogens with zero attached hydrogens (tertiary/aromatic N) is 4. The van der Waals surface area contributed by atoms with Gasteiger partial charge in [0.15, 0.2) is 0 Å². The van der Waals surface area contributed by atoms with Crippen molar-refractivity contribution < 1.29 is 9.84 Å². The minimum atomic E-state index is 0.356. The second-order valence-corrected chi connectivity index (χ2v) is 15.0. The van der Waals surface area contributed by atoms with E-state index in [0.717, 1.165) is 17.8 Å². The molecule has 0 bridgehead atoms. The number of piperidine rings is 2. The van der Waals surface area contributed by atoms with Gasteiger partial charge in [0.1, 0.15) is 18.1 Å². The minimum absolute atomic E-state index is 0.356. The van der Waals surface area contributed by atoms with Gasteiger partial charge in [0.25, 0.3) is 0 Å². The zero-order valence-electron chi connectivity index (χ0n) is 30.4. The number of phenolic OH excluding ortho intramolecular Hbond substituents is 1. The molecule has 3 aliphatic heterocycles. The van der Waals surface area contributed by atoms with Gasteiger partial charge in [-0.25, -0.2) is 0 Å². The van der Waals surface area contributed by atoms with Crippen LogP contribution in [-0.2, 0) is 6.61 Å². The molecular formula is C43H62N4O2. The van der Waals surface area contributed by atoms with Crippen molar-refractivity contribution in [1.29, 1.82) is 0 Å². The summed E-state index contributed by atoms with van der Waals surface area (Å²) in [5.41, 5.74) is 3.90. The number of piperazine rings is 1. The maximum absolute atomic E-state index is 9.41. The molecule has 3 heterocycles. The normalized spacial score (nSPS) is 22.2. The molecule has 0 radical (unpaired) electrons. The maximum atomic E-state index is 9.41. The predicted octanol–water partition coefficient (Wildman–Crippen LogP) is 8.68. The highest BCUT2D eigenvalue weighted by Gasteiger charge is 2.29. The van der Waals surface area contributed by atoms with E-state index < -0.39 is 0 Å². The number of phenols is 1. The number of rotatable bonds is 9. The summed E-state index contributed by atoms with van der Waals surface area (Å²) in [6.07, 6.45) is 14.0. The van der Waals surface area contributed by atoms with E-state index in [1.807, 2.05) is 6.07 Å². The van der Waals surface area contributed by atoms with Crippen LogP contribution in [0.5, 0.6) is 11.5 Å². The SMILES string of the molecule is CC(c1ccc(O)cc1)N1CCC(N2CCCCC2)CC1.CC(c1ccc(OCc2ccccc2)cc1)N1CCN(C2CCCCC2)CC1. The van der Waals surface area contributed by atoms with Crippen LogP contribution < -0.4 is 4.74 Å². The molecule has 4 fully saturated rings. The first-order chi connectivity index (χ1) is 24.0. The number of hydrogen-bond donors (Lipinski definition) is 1. The maximum Gasteiger partial charge on any atom is 0.119 e. The van der Waals surface area contributed by atoms with E-state index in [-0.39, 0.29) is 0 Å². The largest absolute Gasteiger partial charge is 0.508 e. The van der Waals surface area contributed by atoms with E-state index in [1.54, 1.807) is 12.1 Å². The van der Waals surface area contributed by atoms with E-state index >= 15 is 0 Å². The van der Waals surface area contributed by atoms with Gasteiger partial charge < -0.3 is 14.7 Å². The van der Waals surface area contributed by atoms with Gasteiger partial charge in [0.2, 0.25) is 0 Å². The van der Waals surface area contributed by atoms with Gasteiger partial charge in [0.05, 0.1) is 0 Å². The molecule has 3 saturated heterocycles. The van der Waals surface area contributed by atoms with Crippen molar-refractivity contribution in [2.75, 3.05) is 52.4 Å². The van der Waals surface area contributed by atoms with Crippen molar-refractivity contribution in [1.82, 2.24) is 19.6 Å². The summed E-state index contributed by atoms with van der Waals surface area (Å²) < 4.78 is 5.93. The Morgan fingerprint density at radius 3 is 1.67 bits per heavy atom. The van der Waals surface area contributed by atoms with Gasteiger partial charge in [0, 0.05) is 63.4 Å². The smallest absolute Gasteiger partial charge is 0.119 e. The lowest BCUT2D eigenvalue weighted by Crippen LogP contribution is -2.51. The van der Waals surface area contributed by atoms with Crippen molar-refractivity contribution in [2.45, 2.75) is 109 Å². The average molecular weight is 667 g/mol. The quantitative estimate of drug-likeness (QED) is 0.247. The summed E-state index contributed by atoms with van der Waals surface area (Å²) in [4.78, 5) is 10.7. The summed E-state index contributed by atoms with van der Waals surface area (Å²) in [6, 6.07) is 29.3. The molecule has 266 valence electrons. The monoisotopic (exact) mass is 666 g/mol. The van der Waals surface area contributed by atoms with Gasteiger partial charge in [-0.2, -0.15) is 0 Å². The van der Waals surface area contributed by atoms with E-state index in [4.69, 9.17) is 4.74 Å². The number of likely N-dealkylation sites (tertiary alicyclic amines) is 2. The van der Waals surface area contributed by atoms with Gasteiger partial charge in [-0.15, -0.1) is 0 Å². The molecule has 0 aromatic heterocycles. The zero-order chi connectivity index (χ0) is 33.8. The Labute approximate surface area is 297 Å². The van der Waals surface area contributed by atoms with E-state index in [1.165, 1.54) is 133 Å². The topological polar surface area (TPSA) is 42.4 Å². The Bertz CT molecular complexity index is 1340. The molecule has 3 aromatic carbocycles. The molecule has 1 N–H and O–H groups in total. The molecule has 3 aromatic rings. The molecule has 49 heavy (non-hydrogen) atoms. The van der Waals surface area contributed by atoms with Crippen LogP contribution in [-0.4, -0.2) is 89.1 Å². The fraction of sp³-hybridized carbons (Fsp3) is 0.581. The zero-order valence-corrected chi connectivity index (χ0v) is 30.4. The summed E-state index contributed by atoms with van der Waals surface area (Å²) in [7, 11) is 0. The van der Waals surface area contributed by atoms with Crippen molar-refractivity contribution in [3.63, 3.8) is 0 Å². The van der Waals surface area contributed by atoms with Gasteiger partial charge in [-0.1, -0.05) is 80.3 Å². The van der Waals surface area contributed by atoms with Crippen LogP contribution in [0.4, 0.5) is 0 Å². The van der Waals surface area contributed by atoms with E-state index in [0.29, 0.717) is 24.4 Å². The number of ether oxygens (including phenoxy) is 1. The lowest BCUT2D eigenvalue weighted by Gasteiger charge is -2.42. The highest BCUT2D eigenvalue weighted by atomic mass is 16.5. The van der Waals surface area contributed by atoms with Crippen LogP contribution in [0.15, 0.2) is 78.9 Å². The molecule has 1 saturated carbocycles. The Hall–Kier alpha value is -2.90. The van der Waals surface area contributed by atoms with Crippen molar-refractivity contribution in [3.05, 3.63) is 95.6 Å². The van der Waals surface area contributed by atoms with Gasteiger partial charge >= 0.3 is 0 Å². The fourth-order valence-electron chi connectivity index (χ4n) is 8.62. The standard InChI is InChI=1S/C25H34N2O.C18H28N2O/c1-21(26-16-18-27(19-17-26)24-10-6-3-7-11-24)23-12-14-25(15-13-23)28-20-22-8-4-2-5-9-22;1-15(16-5-7-18(21)8-6-16)19-13-9-17(10-14-19)20-11-3-2-4-12-20/h2,4-5,8-9,12-15,21,24H,3,6-7,10-11,16-20H2,1H3;5-8,15,17,21H,2-4,9-14H2,1H3. The molecule has 7 rings (SSSR count). The lowest BCUT2D eigenvalue weighted by atomic mass is 9.93. The third-order valence-electron chi connectivity index (χ3n) is 11.9. The van der Waals surface area contributed by atoms with Crippen molar-refractivity contribution in [2.24, 2.45) is 0 Å². The van der Waals surface area contributed by atoms with Crippen molar-refractivity contribution >= 4 is 0 Å². The molecule has 0 spiro atoms. The van der Waals surface area contributed by atoms with Gasteiger partial charge in [-0.05, 0) is 106 Å². The molecule has 6 heteroatoms. The summed E-state index contributed by atoms with van der Waals surface area (Å²) in [5, 5.41) is 9.41. The first-order valence-corrected chi connectivity index (χ1v) is 19.6. The fourth-order valence-corrected chi connectivity index (χ4v) is 8.62. The first-order valence-electron chi connectivity index (χ1n) is 19.6. The molecular weight excluding hydrogens is 604 g/mol. The second kappa shape index (κ2) is 18.4. The highest BCUT2D eigenvalue weighted by Crippen LogP contribution is 2.29. The number of aromatic hydroxyl groups is 1. The average Bonchev–Trinajstić information content (AvgIpc) is 3.18. The summed E-state index contributed by atoms with van der Waals surface area (Å²) >= 11 is 0. The first kappa shape index (κ1) is 35.9. The molecule has 1 aliphatic carbocycles. The lowest BCUT2D eigenvalue weighted by molar-refractivity contribution is 0.0602. The molecule has 0 amide bonds. The van der Waals surface area contributed by atoms with E-state index in [9.17, 15) is 5.11 Å². The van der Waals surface area contributed by atoms with Gasteiger partial charge in [-0.3, -0.25) is 14.7 Å². The molecule has 6 nitrogen and oxygen atoms in total. The third kappa shape index (κ3) is 10.3. The van der Waals surface area contributed by atoms with Crippen LogP contribution in [0.1, 0.15) is 107 Å². The second-order valence-electron chi connectivity index (χ2n) is 15.0. The Kier molecular flexibility index (Phi) is 13.5. The molecule has 2 unspecified atom stereocenters. The Morgan fingerprint density at radius 2 is 1.06 bits per heavy atom. The van der Waals surface area contributed by atoms with Crippen LogP contribution >= 0.6 is 0 Å². The number of hydrogen-bond acceptors (Lipinski definition) is 6. The van der Waals surface area contributed by atoms with Crippen molar-refractivity contribution in [3.8, 4) is 11.5 Å². The van der Waals surface area contributed by atoms with Crippen LogP contribution in [0.2, 0.25) is 0 Å². The predicted molar refractivity (Wildman–Crippen MR) is 202 cm³/mol. The third-order valence-corrected chi connectivity index (χ3v) is 11.9. The molecule has 2 atom stereocenters. The van der Waals surface area contributed by atoms with E-state index in [2.05, 4.69) is 94.1 Å². The Balaban J connectivity index is 0.000000177. The summed E-state index contributed by atoms with van der Waals surface area (Å²) in [5.74, 6) is 1.30. The van der Waals surface area contributed by atoms with Crippen LogP contribution in [0.3, 0.4) is 0 Å². The number of benzene rings is 3. The van der Waals surface area contributed by atoms with Crippen LogP contribution in [0.25, 0.3) is 0 Å². The minimum Gasteiger partial charge on any atom is -0.508 e. The molecule has 4 aliphatic rings.